The van der Waals surface area contributed by atoms with Crippen molar-refractivity contribution in [3.63, 3.8) is 0 Å². The van der Waals surface area contributed by atoms with Crippen molar-refractivity contribution in [1.82, 2.24) is 4.90 Å². The number of hydrogen-bond acceptors (Lipinski definition) is 3. The molecule has 0 amide bonds. The number of ether oxygens (including phenoxy) is 1. The molecule has 3 rings (SSSR count). The lowest BCUT2D eigenvalue weighted by atomic mass is 9.91. The number of piperidine rings is 1. The Kier molecular flexibility index (Phi) is 7.03. The number of rotatable bonds is 8. The molecule has 1 saturated heterocycles. The highest BCUT2D eigenvalue weighted by Gasteiger charge is 2.20. The maximum Gasteiger partial charge on any atom is 0.142 e. The van der Waals surface area contributed by atoms with Gasteiger partial charge in [-0.25, -0.2) is 0 Å². The summed E-state index contributed by atoms with van der Waals surface area (Å²) in [6.45, 7) is 11.4. The van der Waals surface area contributed by atoms with Crippen LogP contribution in [0.25, 0.3) is 0 Å². The quantitative estimate of drug-likeness (QED) is 0.677. The van der Waals surface area contributed by atoms with Crippen LogP contribution >= 0.6 is 0 Å². The highest BCUT2D eigenvalue weighted by atomic mass is 16.5. The summed E-state index contributed by atoms with van der Waals surface area (Å²) < 4.78 is 5.84. The van der Waals surface area contributed by atoms with Crippen LogP contribution < -0.4 is 9.64 Å². The van der Waals surface area contributed by atoms with Gasteiger partial charge in [0.1, 0.15) is 12.4 Å². The number of likely N-dealkylation sites (tertiary alicyclic amines) is 1. The van der Waals surface area contributed by atoms with E-state index in [-0.39, 0.29) is 0 Å². The van der Waals surface area contributed by atoms with E-state index in [1.807, 2.05) is 0 Å². The molecule has 0 unspecified atom stereocenters. The van der Waals surface area contributed by atoms with Gasteiger partial charge in [-0.3, -0.25) is 0 Å². The van der Waals surface area contributed by atoms with Crippen molar-refractivity contribution in [1.29, 1.82) is 0 Å². The summed E-state index contributed by atoms with van der Waals surface area (Å²) >= 11 is 0. The lowest BCUT2D eigenvalue weighted by molar-refractivity contribution is 0.176. The average molecular weight is 345 g/mol. The van der Waals surface area contributed by atoms with Crippen molar-refractivity contribution < 1.29 is 4.74 Å². The second kappa shape index (κ2) is 9.47. The largest absolute Gasteiger partial charge is 0.490 e. The second-order valence-corrected chi connectivity index (χ2v) is 7.77. The fourth-order valence-electron chi connectivity index (χ4n) is 4.25. The molecule has 0 aromatic heterocycles. The average Bonchev–Trinajstić information content (AvgIpc) is 2.67. The smallest absolute Gasteiger partial charge is 0.142 e. The van der Waals surface area contributed by atoms with Gasteiger partial charge in [-0.2, -0.15) is 0 Å². The molecule has 3 heteroatoms. The Hall–Kier alpha value is -1.22. The van der Waals surface area contributed by atoms with Crippen molar-refractivity contribution in [2.75, 3.05) is 44.2 Å². The van der Waals surface area contributed by atoms with Crippen molar-refractivity contribution in [2.24, 2.45) is 5.92 Å². The Labute approximate surface area is 154 Å². The molecule has 25 heavy (non-hydrogen) atoms. The maximum absolute atomic E-state index is 5.84. The SMILES string of the molecule is CCCCC1CCN(CCCN2CCOc3ccc(CC)cc32)CC1. The predicted molar refractivity (Wildman–Crippen MR) is 107 cm³/mol. The molecular weight excluding hydrogens is 308 g/mol. The van der Waals surface area contributed by atoms with Crippen LogP contribution in [0.5, 0.6) is 5.75 Å². The molecule has 1 aromatic rings. The highest BCUT2D eigenvalue weighted by molar-refractivity contribution is 5.61. The van der Waals surface area contributed by atoms with Gasteiger partial charge >= 0.3 is 0 Å². The lowest BCUT2D eigenvalue weighted by Crippen LogP contribution is -2.38. The van der Waals surface area contributed by atoms with E-state index in [1.54, 1.807) is 0 Å². The van der Waals surface area contributed by atoms with Crippen LogP contribution in [-0.2, 0) is 6.42 Å². The molecule has 2 heterocycles. The van der Waals surface area contributed by atoms with Gasteiger partial charge in [0.15, 0.2) is 0 Å². The van der Waals surface area contributed by atoms with Crippen LogP contribution in [0.2, 0.25) is 0 Å². The fraction of sp³-hybridized carbons (Fsp3) is 0.727. The molecule has 2 aliphatic rings. The minimum atomic E-state index is 0.821. The Morgan fingerprint density at radius 1 is 1.04 bits per heavy atom. The first-order chi connectivity index (χ1) is 12.3. The number of nitrogens with zero attached hydrogens (tertiary/aromatic N) is 2. The van der Waals surface area contributed by atoms with Crippen LogP contribution in [0, 0.1) is 5.92 Å². The number of aryl methyl sites for hydroxylation is 1. The number of hydrogen-bond donors (Lipinski definition) is 0. The summed E-state index contributed by atoms with van der Waals surface area (Å²) in [5.74, 6) is 2.06. The third-order valence-electron chi connectivity index (χ3n) is 5.97. The molecule has 1 aromatic carbocycles. The van der Waals surface area contributed by atoms with Gasteiger partial charge in [-0.1, -0.05) is 39.2 Å². The number of fused-ring (bicyclic) bond motifs is 1. The van der Waals surface area contributed by atoms with E-state index in [0.717, 1.165) is 37.8 Å². The van der Waals surface area contributed by atoms with E-state index < -0.39 is 0 Å². The number of unbranched alkanes of at least 4 members (excludes halogenated alkanes) is 1. The van der Waals surface area contributed by atoms with Gasteiger partial charge in [0.05, 0.1) is 12.2 Å². The molecular formula is C22H36N2O. The molecule has 0 radical (unpaired) electrons. The van der Waals surface area contributed by atoms with E-state index in [9.17, 15) is 0 Å². The first-order valence-electron chi connectivity index (χ1n) is 10.5. The van der Waals surface area contributed by atoms with E-state index in [4.69, 9.17) is 4.74 Å². The zero-order chi connectivity index (χ0) is 17.5. The molecule has 0 N–H and O–H groups in total. The highest BCUT2D eigenvalue weighted by Crippen LogP contribution is 2.32. The van der Waals surface area contributed by atoms with E-state index in [1.165, 1.54) is 69.4 Å². The van der Waals surface area contributed by atoms with Crippen LogP contribution in [0.4, 0.5) is 5.69 Å². The van der Waals surface area contributed by atoms with Gasteiger partial charge in [0, 0.05) is 6.54 Å². The third-order valence-corrected chi connectivity index (χ3v) is 5.97. The zero-order valence-corrected chi connectivity index (χ0v) is 16.3. The Morgan fingerprint density at radius 2 is 1.88 bits per heavy atom. The molecule has 0 bridgehead atoms. The standard InChI is InChI=1S/C22H36N2O/c1-3-5-7-20-10-14-23(15-11-20)12-6-13-24-16-17-25-22-9-8-19(4-2)18-21(22)24/h8-9,18,20H,3-7,10-17H2,1-2H3. The van der Waals surface area contributed by atoms with Gasteiger partial charge in [-0.05, 0) is 68.9 Å². The van der Waals surface area contributed by atoms with Crippen molar-refractivity contribution in [3.8, 4) is 5.75 Å². The normalized spacial score (nSPS) is 18.9. The molecule has 0 aliphatic carbocycles. The van der Waals surface area contributed by atoms with Gasteiger partial charge < -0.3 is 14.5 Å². The van der Waals surface area contributed by atoms with Crippen LogP contribution in [-0.4, -0.2) is 44.2 Å². The van der Waals surface area contributed by atoms with Crippen LogP contribution in [0.1, 0.15) is 57.9 Å². The summed E-state index contributed by atoms with van der Waals surface area (Å²) in [6.07, 6.45) is 9.40. The van der Waals surface area contributed by atoms with Crippen LogP contribution in [0.3, 0.4) is 0 Å². The van der Waals surface area contributed by atoms with Crippen molar-refractivity contribution in [2.45, 2.75) is 58.8 Å². The minimum absolute atomic E-state index is 0.821. The van der Waals surface area contributed by atoms with Gasteiger partial charge in [0.25, 0.3) is 0 Å². The summed E-state index contributed by atoms with van der Waals surface area (Å²) in [5, 5.41) is 0. The van der Waals surface area contributed by atoms with Crippen LogP contribution in [0.15, 0.2) is 18.2 Å². The molecule has 0 spiro atoms. The number of anilines is 1. The van der Waals surface area contributed by atoms with E-state index in [0.29, 0.717) is 0 Å². The Bertz CT molecular complexity index is 523. The first-order valence-corrected chi connectivity index (χ1v) is 10.5. The summed E-state index contributed by atoms with van der Waals surface area (Å²) in [4.78, 5) is 5.22. The monoisotopic (exact) mass is 344 g/mol. The lowest BCUT2D eigenvalue weighted by Gasteiger charge is -2.34. The number of benzene rings is 1. The Morgan fingerprint density at radius 3 is 2.64 bits per heavy atom. The van der Waals surface area contributed by atoms with Gasteiger partial charge in [-0.15, -0.1) is 0 Å². The minimum Gasteiger partial charge on any atom is -0.490 e. The first kappa shape index (κ1) is 18.6. The molecule has 1 fully saturated rings. The zero-order valence-electron chi connectivity index (χ0n) is 16.3. The second-order valence-electron chi connectivity index (χ2n) is 7.77. The third kappa shape index (κ3) is 5.13. The fourth-order valence-corrected chi connectivity index (χ4v) is 4.25. The maximum atomic E-state index is 5.84. The molecule has 0 saturated carbocycles. The van der Waals surface area contributed by atoms with Crippen molar-refractivity contribution in [3.05, 3.63) is 23.8 Å². The summed E-state index contributed by atoms with van der Waals surface area (Å²) in [6, 6.07) is 6.68. The molecule has 140 valence electrons. The summed E-state index contributed by atoms with van der Waals surface area (Å²) in [5.41, 5.74) is 2.72. The van der Waals surface area contributed by atoms with Crippen molar-refractivity contribution >= 4 is 5.69 Å². The molecule has 2 aliphatic heterocycles. The summed E-state index contributed by atoms with van der Waals surface area (Å²) in [7, 11) is 0. The molecule has 0 atom stereocenters. The predicted octanol–water partition coefficient (Wildman–Crippen LogP) is 4.74. The molecule has 3 nitrogen and oxygen atoms in total. The Balaban J connectivity index is 1.43. The van der Waals surface area contributed by atoms with Gasteiger partial charge in [0.2, 0.25) is 0 Å². The van der Waals surface area contributed by atoms with E-state index in [2.05, 4.69) is 41.8 Å². The van der Waals surface area contributed by atoms with E-state index >= 15 is 0 Å². The topological polar surface area (TPSA) is 15.7 Å².